The van der Waals surface area contributed by atoms with Crippen LogP contribution in [0.1, 0.15) is 42.3 Å². The Morgan fingerprint density at radius 2 is 1.79 bits per heavy atom. The van der Waals surface area contributed by atoms with Gasteiger partial charge in [0.15, 0.2) is 5.82 Å². The van der Waals surface area contributed by atoms with Crippen LogP contribution >= 0.6 is 0 Å². The standard InChI is InChI=1S/C21H21N7O/c1-3-18(29)21-22-19(28(4-2)25-21)13-14-9-11-15(12-10-14)16-7-5-6-8-17(16)20-23-26-27-24-20/h5-12H,3-4,13H2,1-2H3,(H,23,24,26,27). The van der Waals surface area contributed by atoms with Gasteiger partial charge in [-0.2, -0.15) is 0 Å². The Morgan fingerprint density at radius 1 is 1.03 bits per heavy atom. The summed E-state index contributed by atoms with van der Waals surface area (Å²) >= 11 is 0. The highest BCUT2D eigenvalue weighted by molar-refractivity contribution is 5.92. The topological polar surface area (TPSA) is 102 Å². The van der Waals surface area contributed by atoms with E-state index in [9.17, 15) is 4.79 Å². The molecule has 8 nitrogen and oxygen atoms in total. The van der Waals surface area contributed by atoms with E-state index in [0.717, 1.165) is 28.1 Å². The highest BCUT2D eigenvalue weighted by Gasteiger charge is 2.15. The number of aromatic nitrogens is 7. The van der Waals surface area contributed by atoms with Crippen LogP contribution < -0.4 is 0 Å². The fourth-order valence-electron chi connectivity index (χ4n) is 3.23. The first-order valence-corrected chi connectivity index (χ1v) is 9.59. The molecule has 0 aliphatic rings. The Kier molecular flexibility index (Phi) is 5.24. The fraction of sp³-hybridized carbons (Fsp3) is 0.238. The van der Waals surface area contributed by atoms with Gasteiger partial charge >= 0.3 is 0 Å². The van der Waals surface area contributed by atoms with Crippen molar-refractivity contribution in [1.29, 1.82) is 0 Å². The number of aryl methyl sites for hydroxylation is 1. The van der Waals surface area contributed by atoms with E-state index >= 15 is 0 Å². The van der Waals surface area contributed by atoms with Crippen molar-refractivity contribution >= 4 is 5.78 Å². The number of benzene rings is 2. The Hall–Kier alpha value is -3.68. The smallest absolute Gasteiger partial charge is 0.217 e. The van der Waals surface area contributed by atoms with Crippen molar-refractivity contribution in [3.05, 3.63) is 65.7 Å². The maximum atomic E-state index is 11.9. The first-order valence-electron chi connectivity index (χ1n) is 9.59. The van der Waals surface area contributed by atoms with E-state index in [-0.39, 0.29) is 5.78 Å². The van der Waals surface area contributed by atoms with Gasteiger partial charge in [0.25, 0.3) is 0 Å². The molecule has 4 aromatic rings. The molecule has 0 aliphatic heterocycles. The summed E-state index contributed by atoms with van der Waals surface area (Å²) in [5.41, 5.74) is 4.16. The molecule has 0 atom stereocenters. The molecule has 0 amide bonds. The number of aromatic amines is 1. The van der Waals surface area contributed by atoms with Crippen LogP contribution in [-0.2, 0) is 13.0 Å². The van der Waals surface area contributed by atoms with E-state index in [0.29, 0.717) is 31.0 Å². The first-order chi connectivity index (χ1) is 14.2. The number of tetrazole rings is 1. The van der Waals surface area contributed by atoms with Gasteiger partial charge in [-0.1, -0.05) is 55.5 Å². The molecular formula is C21H21N7O. The van der Waals surface area contributed by atoms with Gasteiger partial charge < -0.3 is 0 Å². The predicted octanol–water partition coefficient (Wildman–Crippen LogP) is 3.33. The third-order valence-corrected chi connectivity index (χ3v) is 4.77. The number of nitrogens with one attached hydrogen (secondary N) is 1. The van der Waals surface area contributed by atoms with E-state index < -0.39 is 0 Å². The number of Topliss-reactive ketones (excluding diaryl/α,β-unsaturated/α-hetero) is 1. The summed E-state index contributed by atoms with van der Waals surface area (Å²) < 4.78 is 1.79. The van der Waals surface area contributed by atoms with Gasteiger partial charge in [-0.3, -0.25) is 4.79 Å². The second-order valence-corrected chi connectivity index (χ2v) is 6.61. The summed E-state index contributed by atoms with van der Waals surface area (Å²) in [5, 5.41) is 18.5. The van der Waals surface area contributed by atoms with Crippen LogP contribution in [0.5, 0.6) is 0 Å². The van der Waals surface area contributed by atoms with Crippen LogP contribution in [-0.4, -0.2) is 41.2 Å². The summed E-state index contributed by atoms with van der Waals surface area (Å²) in [5.74, 6) is 1.70. The van der Waals surface area contributed by atoms with Crippen LogP contribution in [0.3, 0.4) is 0 Å². The second kappa shape index (κ2) is 8.14. The number of hydrogen-bond donors (Lipinski definition) is 1. The summed E-state index contributed by atoms with van der Waals surface area (Å²) in [6.45, 7) is 4.49. The van der Waals surface area contributed by atoms with Gasteiger partial charge in [0.2, 0.25) is 11.6 Å². The van der Waals surface area contributed by atoms with Crippen molar-refractivity contribution in [2.24, 2.45) is 0 Å². The van der Waals surface area contributed by atoms with Crippen LogP contribution in [0, 0.1) is 0 Å². The lowest BCUT2D eigenvalue weighted by Gasteiger charge is -2.08. The van der Waals surface area contributed by atoms with Crippen LogP contribution in [0.25, 0.3) is 22.5 Å². The van der Waals surface area contributed by atoms with E-state index in [4.69, 9.17) is 0 Å². The minimum Gasteiger partial charge on any atom is -0.291 e. The molecule has 8 heteroatoms. The zero-order valence-electron chi connectivity index (χ0n) is 16.3. The van der Waals surface area contributed by atoms with Crippen molar-refractivity contribution in [3.63, 3.8) is 0 Å². The van der Waals surface area contributed by atoms with Gasteiger partial charge in [0.1, 0.15) is 5.82 Å². The molecule has 2 aromatic carbocycles. The second-order valence-electron chi connectivity index (χ2n) is 6.61. The van der Waals surface area contributed by atoms with E-state index in [2.05, 4.69) is 55.0 Å². The van der Waals surface area contributed by atoms with Crippen molar-refractivity contribution in [1.82, 2.24) is 35.4 Å². The Labute approximate surface area is 168 Å². The normalized spacial score (nSPS) is 11.0. The third-order valence-electron chi connectivity index (χ3n) is 4.77. The van der Waals surface area contributed by atoms with Gasteiger partial charge in [-0.15, -0.1) is 10.2 Å². The van der Waals surface area contributed by atoms with Crippen LogP contribution in [0.4, 0.5) is 0 Å². The zero-order chi connectivity index (χ0) is 20.2. The molecule has 0 saturated heterocycles. The van der Waals surface area contributed by atoms with Gasteiger partial charge in [-0.05, 0) is 34.0 Å². The highest BCUT2D eigenvalue weighted by Crippen LogP contribution is 2.29. The number of nitrogens with zero attached hydrogens (tertiary/aromatic N) is 6. The molecule has 0 saturated carbocycles. The largest absolute Gasteiger partial charge is 0.291 e. The number of ketones is 1. The van der Waals surface area contributed by atoms with Crippen molar-refractivity contribution in [3.8, 4) is 22.5 Å². The maximum Gasteiger partial charge on any atom is 0.217 e. The van der Waals surface area contributed by atoms with Gasteiger partial charge in [0, 0.05) is 24.9 Å². The lowest BCUT2D eigenvalue weighted by Crippen LogP contribution is -2.04. The van der Waals surface area contributed by atoms with E-state index in [1.807, 2.05) is 38.1 Å². The third kappa shape index (κ3) is 3.82. The first kappa shape index (κ1) is 18.7. The molecule has 0 aliphatic carbocycles. The number of carbonyl (C=O) groups is 1. The van der Waals surface area contributed by atoms with Crippen molar-refractivity contribution < 1.29 is 4.79 Å². The molecule has 0 bridgehead atoms. The SMILES string of the molecule is CCC(=O)c1nc(Cc2ccc(-c3ccccc3-c3nnn[nH]3)cc2)n(CC)n1. The average molecular weight is 387 g/mol. The predicted molar refractivity (Wildman–Crippen MR) is 108 cm³/mol. The quantitative estimate of drug-likeness (QED) is 0.488. The number of carbonyl (C=O) groups excluding carboxylic acids is 1. The van der Waals surface area contributed by atoms with Crippen molar-refractivity contribution in [2.45, 2.75) is 33.2 Å². The molecule has 2 heterocycles. The van der Waals surface area contributed by atoms with E-state index in [1.54, 1.807) is 4.68 Å². The fourth-order valence-corrected chi connectivity index (χ4v) is 3.23. The zero-order valence-corrected chi connectivity index (χ0v) is 16.3. The van der Waals surface area contributed by atoms with Crippen LogP contribution in [0.15, 0.2) is 48.5 Å². The molecule has 29 heavy (non-hydrogen) atoms. The summed E-state index contributed by atoms with van der Waals surface area (Å²) in [4.78, 5) is 16.4. The highest BCUT2D eigenvalue weighted by atomic mass is 16.1. The Morgan fingerprint density at radius 3 is 2.45 bits per heavy atom. The molecule has 0 unspecified atom stereocenters. The molecular weight excluding hydrogens is 366 g/mol. The summed E-state index contributed by atoms with van der Waals surface area (Å²) in [6, 6.07) is 16.3. The van der Waals surface area contributed by atoms with Crippen LogP contribution in [0.2, 0.25) is 0 Å². The molecule has 146 valence electrons. The molecule has 1 N–H and O–H groups in total. The maximum absolute atomic E-state index is 11.9. The van der Waals surface area contributed by atoms with Crippen molar-refractivity contribution in [2.75, 3.05) is 0 Å². The number of H-pyrrole nitrogens is 1. The molecule has 0 radical (unpaired) electrons. The molecule has 0 spiro atoms. The van der Waals surface area contributed by atoms with E-state index in [1.165, 1.54) is 0 Å². The molecule has 4 rings (SSSR count). The minimum absolute atomic E-state index is 0.0349. The average Bonchev–Trinajstić information content (AvgIpc) is 3.44. The molecule has 0 fully saturated rings. The summed E-state index contributed by atoms with van der Waals surface area (Å²) in [7, 11) is 0. The van der Waals surface area contributed by atoms with Gasteiger partial charge in [-0.25, -0.2) is 14.8 Å². The van der Waals surface area contributed by atoms with Gasteiger partial charge in [0.05, 0.1) is 0 Å². The number of hydrogen-bond acceptors (Lipinski definition) is 6. The monoisotopic (exact) mass is 387 g/mol. The lowest BCUT2D eigenvalue weighted by molar-refractivity contribution is 0.0978. The number of rotatable bonds is 7. The summed E-state index contributed by atoms with van der Waals surface area (Å²) in [6.07, 6.45) is 1.02. The molecule has 2 aromatic heterocycles. The lowest BCUT2D eigenvalue weighted by atomic mass is 9.98. The Balaban J connectivity index is 1.60. The Bertz CT molecular complexity index is 1110. The minimum atomic E-state index is -0.0349.